The summed E-state index contributed by atoms with van der Waals surface area (Å²) in [5.41, 5.74) is 3.92. The Kier molecular flexibility index (Phi) is 6.04. The number of aryl methyl sites for hydroxylation is 3. The zero-order chi connectivity index (χ0) is 22.9. The van der Waals surface area contributed by atoms with Gasteiger partial charge in [0.25, 0.3) is 5.71 Å². The lowest BCUT2D eigenvalue weighted by molar-refractivity contribution is -0.121. The minimum atomic E-state index is 0.0379. The summed E-state index contributed by atoms with van der Waals surface area (Å²) in [5.74, 6) is 2.78. The molecule has 5 rings (SSSR count). The van der Waals surface area contributed by atoms with Crippen LogP contribution in [0.1, 0.15) is 68.2 Å². The predicted molar refractivity (Wildman–Crippen MR) is 128 cm³/mol. The number of benzene rings is 1. The van der Waals surface area contributed by atoms with Crippen LogP contribution >= 0.6 is 0 Å². The number of piperidine rings is 1. The molecule has 1 fully saturated rings. The number of carbonyl (C=O) groups is 1. The molecule has 2 aromatic heterocycles. The summed E-state index contributed by atoms with van der Waals surface area (Å²) in [7, 11) is 0. The van der Waals surface area contributed by atoms with Crippen molar-refractivity contribution in [3.63, 3.8) is 0 Å². The summed E-state index contributed by atoms with van der Waals surface area (Å²) in [6.07, 6.45) is 5.22. The Labute approximate surface area is 195 Å². The normalized spacial score (nSPS) is 22.9. The SMILES string of the molecule is Cc1noc2nc(CCC(=O)N[C@@H]3CCCc4ccccc43)nc(N3C[C@H](C)C[C@H](C)C3)c12. The fourth-order valence-electron chi connectivity index (χ4n) is 5.58. The van der Waals surface area contributed by atoms with Gasteiger partial charge in [-0.25, -0.2) is 4.98 Å². The molecule has 0 unspecified atom stereocenters. The van der Waals surface area contributed by atoms with E-state index in [1.807, 2.05) is 6.92 Å². The Bertz CT molecular complexity index is 1150. The molecule has 1 aliphatic heterocycles. The standard InChI is InChI=1S/C26H33N5O2/c1-16-13-17(2)15-31(14-16)25-24-18(3)30-33-26(24)29-22(28-25)11-12-23(32)27-21-10-6-8-19-7-4-5-9-20(19)21/h4-5,7,9,16-17,21H,6,8,10-15H2,1-3H3,(H,27,32)/t16-,17+,21-/m1/s1. The van der Waals surface area contributed by atoms with E-state index in [0.29, 0.717) is 36.2 Å². The van der Waals surface area contributed by atoms with Crippen LogP contribution in [0.25, 0.3) is 11.1 Å². The van der Waals surface area contributed by atoms with Crippen LogP contribution in [0.5, 0.6) is 0 Å². The van der Waals surface area contributed by atoms with E-state index in [2.05, 4.69) is 58.5 Å². The van der Waals surface area contributed by atoms with Crippen LogP contribution in [0.15, 0.2) is 28.8 Å². The summed E-state index contributed by atoms with van der Waals surface area (Å²) in [4.78, 5) is 24.7. The molecule has 0 bridgehead atoms. The van der Waals surface area contributed by atoms with Crippen LogP contribution in [0.2, 0.25) is 0 Å². The van der Waals surface area contributed by atoms with Gasteiger partial charge >= 0.3 is 0 Å². The number of anilines is 1. The third-order valence-corrected chi connectivity index (χ3v) is 6.98. The highest BCUT2D eigenvalue weighted by molar-refractivity contribution is 5.88. The predicted octanol–water partition coefficient (Wildman–Crippen LogP) is 4.53. The maximum atomic E-state index is 12.8. The van der Waals surface area contributed by atoms with Gasteiger partial charge in [0.05, 0.1) is 11.7 Å². The Morgan fingerprint density at radius 2 is 1.97 bits per heavy atom. The van der Waals surface area contributed by atoms with Gasteiger partial charge < -0.3 is 14.7 Å². The van der Waals surface area contributed by atoms with Crippen molar-refractivity contribution in [2.24, 2.45) is 11.8 Å². The molecule has 1 aromatic carbocycles. The summed E-state index contributed by atoms with van der Waals surface area (Å²) >= 11 is 0. The summed E-state index contributed by atoms with van der Waals surface area (Å²) < 4.78 is 5.51. The van der Waals surface area contributed by atoms with Crippen molar-refractivity contribution < 1.29 is 9.32 Å². The summed E-state index contributed by atoms with van der Waals surface area (Å²) in [5, 5.41) is 8.27. The highest BCUT2D eigenvalue weighted by atomic mass is 16.5. The molecule has 7 heteroatoms. The van der Waals surface area contributed by atoms with Crippen LogP contribution < -0.4 is 10.2 Å². The average Bonchev–Trinajstić information content (AvgIpc) is 3.17. The summed E-state index contributed by atoms with van der Waals surface area (Å²) in [6.45, 7) is 8.43. The second kappa shape index (κ2) is 9.12. The largest absolute Gasteiger partial charge is 0.355 e. The molecule has 3 atom stereocenters. The molecule has 0 saturated carbocycles. The van der Waals surface area contributed by atoms with Gasteiger partial charge in [-0.1, -0.05) is 43.3 Å². The lowest BCUT2D eigenvalue weighted by Gasteiger charge is -2.36. The number of nitrogens with zero attached hydrogens (tertiary/aromatic N) is 4. The first kappa shape index (κ1) is 21.9. The minimum absolute atomic E-state index is 0.0379. The Hall–Kier alpha value is -2.96. The van der Waals surface area contributed by atoms with Crippen LogP contribution in [0, 0.1) is 18.8 Å². The van der Waals surface area contributed by atoms with Crippen molar-refractivity contribution in [2.75, 3.05) is 18.0 Å². The monoisotopic (exact) mass is 447 g/mol. The number of aromatic nitrogens is 3. The zero-order valence-corrected chi connectivity index (χ0v) is 19.8. The molecule has 33 heavy (non-hydrogen) atoms. The van der Waals surface area contributed by atoms with Gasteiger partial charge in [-0.15, -0.1) is 0 Å². The van der Waals surface area contributed by atoms with E-state index < -0.39 is 0 Å². The van der Waals surface area contributed by atoms with E-state index in [1.165, 1.54) is 17.5 Å². The molecule has 174 valence electrons. The molecular weight excluding hydrogens is 414 g/mol. The maximum Gasteiger partial charge on any atom is 0.263 e. The second-order valence-corrected chi connectivity index (χ2v) is 9.97. The fraction of sp³-hybridized carbons (Fsp3) is 0.538. The number of nitrogens with one attached hydrogen (secondary N) is 1. The van der Waals surface area contributed by atoms with Crippen molar-refractivity contribution in [1.82, 2.24) is 20.4 Å². The Balaban J connectivity index is 1.32. The molecule has 3 heterocycles. The third kappa shape index (κ3) is 4.59. The first-order chi connectivity index (χ1) is 16.0. The quantitative estimate of drug-likeness (QED) is 0.618. The van der Waals surface area contributed by atoms with Gasteiger partial charge in [-0.05, 0) is 55.6 Å². The van der Waals surface area contributed by atoms with E-state index in [4.69, 9.17) is 9.51 Å². The van der Waals surface area contributed by atoms with Gasteiger partial charge in [-0.2, -0.15) is 4.98 Å². The number of hydrogen-bond donors (Lipinski definition) is 1. The van der Waals surface area contributed by atoms with Gasteiger partial charge in [0.2, 0.25) is 5.91 Å². The molecule has 3 aromatic rings. The van der Waals surface area contributed by atoms with Crippen molar-refractivity contribution in [1.29, 1.82) is 0 Å². The van der Waals surface area contributed by atoms with Crippen LogP contribution in [-0.4, -0.2) is 34.1 Å². The molecular formula is C26H33N5O2. The highest BCUT2D eigenvalue weighted by Crippen LogP contribution is 2.32. The lowest BCUT2D eigenvalue weighted by Crippen LogP contribution is -2.39. The van der Waals surface area contributed by atoms with Crippen molar-refractivity contribution in [3.8, 4) is 0 Å². The van der Waals surface area contributed by atoms with Crippen LogP contribution in [0.3, 0.4) is 0 Å². The number of carbonyl (C=O) groups excluding carboxylic acids is 1. The van der Waals surface area contributed by atoms with E-state index >= 15 is 0 Å². The average molecular weight is 448 g/mol. The van der Waals surface area contributed by atoms with Gasteiger partial charge in [0.15, 0.2) is 0 Å². The van der Waals surface area contributed by atoms with E-state index in [0.717, 1.165) is 49.2 Å². The zero-order valence-electron chi connectivity index (χ0n) is 19.8. The molecule has 1 N–H and O–H groups in total. The third-order valence-electron chi connectivity index (χ3n) is 6.98. The van der Waals surface area contributed by atoms with E-state index in [1.54, 1.807) is 0 Å². The highest BCUT2D eigenvalue weighted by Gasteiger charge is 2.27. The maximum absolute atomic E-state index is 12.8. The molecule has 1 amide bonds. The summed E-state index contributed by atoms with van der Waals surface area (Å²) in [6, 6.07) is 8.52. The van der Waals surface area contributed by atoms with Crippen molar-refractivity contribution in [3.05, 3.63) is 46.9 Å². The Morgan fingerprint density at radius 3 is 2.79 bits per heavy atom. The van der Waals surface area contributed by atoms with Crippen molar-refractivity contribution in [2.45, 2.75) is 65.3 Å². The van der Waals surface area contributed by atoms with E-state index in [9.17, 15) is 4.79 Å². The molecule has 0 spiro atoms. The first-order valence-corrected chi connectivity index (χ1v) is 12.2. The first-order valence-electron chi connectivity index (χ1n) is 12.2. The number of amides is 1. The molecule has 1 saturated heterocycles. The van der Waals surface area contributed by atoms with Crippen molar-refractivity contribution >= 4 is 22.8 Å². The van der Waals surface area contributed by atoms with Gasteiger partial charge in [0.1, 0.15) is 17.0 Å². The number of rotatable bonds is 5. The van der Waals surface area contributed by atoms with Gasteiger partial charge in [-0.3, -0.25) is 4.79 Å². The topological polar surface area (TPSA) is 84.1 Å². The molecule has 7 nitrogen and oxygen atoms in total. The minimum Gasteiger partial charge on any atom is -0.355 e. The second-order valence-electron chi connectivity index (χ2n) is 9.97. The molecule has 2 aliphatic rings. The smallest absolute Gasteiger partial charge is 0.263 e. The number of hydrogen-bond acceptors (Lipinski definition) is 6. The lowest BCUT2D eigenvalue weighted by atomic mass is 9.87. The van der Waals surface area contributed by atoms with Gasteiger partial charge in [0, 0.05) is 25.9 Å². The molecule has 0 radical (unpaired) electrons. The van der Waals surface area contributed by atoms with E-state index in [-0.39, 0.29) is 11.9 Å². The Morgan fingerprint density at radius 1 is 1.18 bits per heavy atom. The van der Waals surface area contributed by atoms with Crippen LogP contribution in [-0.2, 0) is 17.6 Å². The van der Waals surface area contributed by atoms with Crippen LogP contribution in [0.4, 0.5) is 5.82 Å². The molecule has 1 aliphatic carbocycles. The fourth-order valence-corrected chi connectivity index (χ4v) is 5.58. The number of fused-ring (bicyclic) bond motifs is 2.